The standard InChI is InChI=1S/C29H24Cl2N4O5S2/c1-3-39-21-8-6-17(13-22(21)40-4-2)24-23(25(36)16-9-11-32-12-10-16)26(37)27(38)35(24)28-33-34-29(42-28)41-15-18-5-7-19(30)14-20(18)31/h5-14,24,36H,3-4,15H2,1-2H3/b25-23+. The molecule has 13 heteroatoms. The highest BCUT2D eigenvalue weighted by atomic mass is 35.5. The molecule has 1 saturated heterocycles. The molecule has 1 aliphatic heterocycles. The third-order valence-corrected chi connectivity index (χ3v) is 8.94. The van der Waals surface area contributed by atoms with Crippen molar-refractivity contribution in [2.24, 2.45) is 0 Å². The predicted molar refractivity (Wildman–Crippen MR) is 164 cm³/mol. The molecule has 0 saturated carbocycles. The van der Waals surface area contributed by atoms with Crippen LogP contribution in [0, 0.1) is 0 Å². The Morgan fingerprint density at radius 1 is 1.00 bits per heavy atom. The van der Waals surface area contributed by atoms with Gasteiger partial charge in [0.05, 0.1) is 24.8 Å². The van der Waals surface area contributed by atoms with E-state index in [4.69, 9.17) is 32.7 Å². The normalized spacial score (nSPS) is 16.2. The maximum Gasteiger partial charge on any atom is 0.301 e. The Morgan fingerprint density at radius 3 is 2.45 bits per heavy atom. The summed E-state index contributed by atoms with van der Waals surface area (Å²) in [5, 5.41) is 21.1. The van der Waals surface area contributed by atoms with Gasteiger partial charge < -0.3 is 14.6 Å². The molecule has 1 aliphatic rings. The smallest absolute Gasteiger partial charge is 0.301 e. The number of ketones is 1. The molecule has 0 radical (unpaired) electrons. The second-order valence-electron chi connectivity index (χ2n) is 8.85. The van der Waals surface area contributed by atoms with Gasteiger partial charge >= 0.3 is 5.91 Å². The second kappa shape index (κ2) is 13.1. The molecule has 1 atom stereocenters. The quantitative estimate of drug-likeness (QED) is 0.0644. The molecule has 0 spiro atoms. The van der Waals surface area contributed by atoms with Gasteiger partial charge in [-0.1, -0.05) is 58.4 Å². The Morgan fingerprint density at radius 2 is 1.74 bits per heavy atom. The summed E-state index contributed by atoms with van der Waals surface area (Å²) in [7, 11) is 0. The Hall–Kier alpha value is -3.64. The minimum Gasteiger partial charge on any atom is -0.507 e. The van der Waals surface area contributed by atoms with Crippen molar-refractivity contribution in [2.75, 3.05) is 18.1 Å². The maximum absolute atomic E-state index is 13.5. The monoisotopic (exact) mass is 642 g/mol. The van der Waals surface area contributed by atoms with Gasteiger partial charge in [0.25, 0.3) is 5.78 Å². The van der Waals surface area contributed by atoms with Crippen LogP contribution in [0.25, 0.3) is 5.76 Å². The van der Waals surface area contributed by atoms with Gasteiger partial charge in [0.15, 0.2) is 15.8 Å². The molecular formula is C29H24Cl2N4O5S2. The van der Waals surface area contributed by atoms with E-state index in [-0.39, 0.29) is 16.5 Å². The lowest BCUT2D eigenvalue weighted by Crippen LogP contribution is -2.29. The van der Waals surface area contributed by atoms with Crippen LogP contribution in [0.2, 0.25) is 10.0 Å². The van der Waals surface area contributed by atoms with Gasteiger partial charge in [-0.2, -0.15) is 0 Å². The molecule has 42 heavy (non-hydrogen) atoms. The van der Waals surface area contributed by atoms with Crippen molar-refractivity contribution in [1.82, 2.24) is 15.2 Å². The van der Waals surface area contributed by atoms with Crippen LogP contribution in [0.3, 0.4) is 0 Å². The number of thioether (sulfide) groups is 1. The Bertz CT molecular complexity index is 1660. The van der Waals surface area contributed by atoms with Crippen LogP contribution in [-0.4, -0.2) is 45.2 Å². The van der Waals surface area contributed by atoms with Gasteiger partial charge in [0.1, 0.15) is 5.76 Å². The highest BCUT2D eigenvalue weighted by molar-refractivity contribution is 8.00. The van der Waals surface area contributed by atoms with Crippen molar-refractivity contribution >= 4 is 68.9 Å². The third kappa shape index (κ3) is 6.10. The molecule has 1 fully saturated rings. The lowest BCUT2D eigenvalue weighted by atomic mass is 9.95. The van der Waals surface area contributed by atoms with Crippen LogP contribution >= 0.6 is 46.3 Å². The molecular weight excluding hydrogens is 619 g/mol. The Kier molecular flexibility index (Phi) is 9.32. The summed E-state index contributed by atoms with van der Waals surface area (Å²) in [6, 6.07) is 12.5. The molecule has 4 aromatic rings. The van der Waals surface area contributed by atoms with Gasteiger partial charge in [-0.25, -0.2) is 0 Å². The summed E-state index contributed by atoms with van der Waals surface area (Å²) in [6.07, 6.45) is 2.98. The van der Waals surface area contributed by atoms with Gasteiger partial charge in [-0.05, 0) is 61.4 Å². The largest absolute Gasteiger partial charge is 0.507 e. The van der Waals surface area contributed by atoms with E-state index < -0.39 is 17.7 Å². The fourth-order valence-electron chi connectivity index (χ4n) is 4.38. The number of Topliss-reactive ketones (excluding diaryl/α,β-unsaturated/α-hetero) is 1. The fraction of sp³-hybridized carbons (Fsp3) is 0.207. The minimum atomic E-state index is -1.01. The lowest BCUT2D eigenvalue weighted by Gasteiger charge is -2.23. The Labute approximate surface area is 260 Å². The van der Waals surface area contributed by atoms with Crippen LogP contribution in [0.5, 0.6) is 11.5 Å². The minimum absolute atomic E-state index is 0.0878. The second-order valence-corrected chi connectivity index (χ2v) is 11.9. The molecule has 0 aliphatic carbocycles. The molecule has 1 unspecified atom stereocenters. The van der Waals surface area contributed by atoms with E-state index in [0.29, 0.717) is 56.0 Å². The number of hydrogen-bond donors (Lipinski definition) is 1. The molecule has 2 aromatic carbocycles. The van der Waals surface area contributed by atoms with Crippen molar-refractivity contribution in [3.05, 3.63) is 93.2 Å². The predicted octanol–water partition coefficient (Wildman–Crippen LogP) is 6.96. The Balaban J connectivity index is 1.57. The first-order valence-electron chi connectivity index (χ1n) is 12.8. The molecule has 0 bridgehead atoms. The van der Waals surface area contributed by atoms with E-state index in [0.717, 1.165) is 16.9 Å². The maximum atomic E-state index is 13.5. The molecule has 3 heterocycles. The number of benzene rings is 2. The summed E-state index contributed by atoms with van der Waals surface area (Å²) in [4.78, 5) is 32.3. The van der Waals surface area contributed by atoms with E-state index in [1.54, 1.807) is 42.5 Å². The first-order chi connectivity index (χ1) is 20.3. The van der Waals surface area contributed by atoms with Gasteiger partial charge in [-0.3, -0.25) is 19.5 Å². The van der Waals surface area contributed by atoms with E-state index >= 15 is 0 Å². The SMILES string of the molecule is CCOc1ccc(C2/C(=C(\O)c3ccncc3)C(=O)C(=O)N2c2nnc(SCc3ccc(Cl)cc3Cl)s2)cc1OCC. The van der Waals surface area contributed by atoms with Gasteiger partial charge in [0, 0.05) is 33.8 Å². The van der Waals surface area contributed by atoms with E-state index in [9.17, 15) is 14.7 Å². The summed E-state index contributed by atoms with van der Waals surface area (Å²) >= 11 is 14.9. The number of hydrogen-bond acceptors (Lipinski definition) is 10. The average molecular weight is 644 g/mol. The number of aromatic nitrogens is 3. The number of halogens is 2. The molecule has 2 aromatic heterocycles. The highest BCUT2D eigenvalue weighted by Gasteiger charge is 2.48. The zero-order valence-corrected chi connectivity index (χ0v) is 25.6. The molecule has 1 amide bonds. The molecule has 1 N–H and O–H groups in total. The van der Waals surface area contributed by atoms with Crippen molar-refractivity contribution in [2.45, 2.75) is 30.0 Å². The molecule has 216 valence electrons. The average Bonchev–Trinajstić information content (AvgIpc) is 3.55. The summed E-state index contributed by atoms with van der Waals surface area (Å²) in [6.45, 7) is 4.50. The van der Waals surface area contributed by atoms with Crippen LogP contribution in [0.4, 0.5) is 5.13 Å². The summed E-state index contributed by atoms with van der Waals surface area (Å²) in [5.41, 5.74) is 1.64. The van der Waals surface area contributed by atoms with Crippen molar-refractivity contribution in [1.29, 1.82) is 0 Å². The first-order valence-corrected chi connectivity index (χ1v) is 15.4. The third-order valence-electron chi connectivity index (χ3n) is 6.25. The van der Waals surface area contributed by atoms with E-state index in [2.05, 4.69) is 15.2 Å². The number of aliphatic hydroxyl groups excluding tert-OH is 1. The number of rotatable bonds is 10. The van der Waals surface area contributed by atoms with Crippen molar-refractivity contribution in [3.63, 3.8) is 0 Å². The summed E-state index contributed by atoms with van der Waals surface area (Å²) in [5.74, 6) is -0.559. The number of anilines is 1. The van der Waals surface area contributed by atoms with Crippen LogP contribution in [0.15, 0.2) is 70.8 Å². The van der Waals surface area contributed by atoms with Crippen LogP contribution in [-0.2, 0) is 15.3 Å². The van der Waals surface area contributed by atoms with Crippen molar-refractivity contribution in [3.8, 4) is 11.5 Å². The highest BCUT2D eigenvalue weighted by Crippen LogP contribution is 2.45. The number of aliphatic hydroxyl groups is 1. The van der Waals surface area contributed by atoms with Gasteiger partial charge in [-0.15, -0.1) is 10.2 Å². The number of carbonyl (C=O) groups excluding carboxylic acids is 2. The number of ether oxygens (including phenoxy) is 2. The lowest BCUT2D eigenvalue weighted by molar-refractivity contribution is -0.132. The van der Waals surface area contributed by atoms with E-state index in [1.165, 1.54) is 29.1 Å². The van der Waals surface area contributed by atoms with Crippen molar-refractivity contribution < 1.29 is 24.2 Å². The van der Waals surface area contributed by atoms with Crippen LogP contribution in [0.1, 0.15) is 36.6 Å². The molecule has 9 nitrogen and oxygen atoms in total. The summed E-state index contributed by atoms with van der Waals surface area (Å²) < 4.78 is 12.1. The number of amides is 1. The fourth-order valence-corrected chi connectivity index (χ4v) is 6.81. The number of carbonyl (C=O) groups is 2. The number of pyridine rings is 1. The zero-order valence-electron chi connectivity index (χ0n) is 22.4. The zero-order chi connectivity index (χ0) is 29.8. The van der Waals surface area contributed by atoms with E-state index in [1.807, 2.05) is 19.9 Å². The van der Waals surface area contributed by atoms with Gasteiger partial charge in [0.2, 0.25) is 5.13 Å². The number of nitrogens with zero attached hydrogens (tertiary/aromatic N) is 4. The van der Waals surface area contributed by atoms with Crippen LogP contribution < -0.4 is 14.4 Å². The topological polar surface area (TPSA) is 115 Å². The molecule has 5 rings (SSSR count). The first kappa shape index (κ1) is 29.8.